The van der Waals surface area contributed by atoms with E-state index < -0.39 is 0 Å². The Bertz CT molecular complexity index is 3230. The molecule has 0 amide bonds. The number of hydrogen-bond acceptors (Lipinski definition) is 3. The Balaban J connectivity index is 1.05. The molecule has 0 bridgehead atoms. The number of para-hydroxylation sites is 1. The maximum absolute atomic E-state index is 6.72. The number of furan rings is 1. The van der Waals surface area contributed by atoms with Gasteiger partial charge in [-0.05, 0) is 130 Å². The maximum Gasteiger partial charge on any atom is 0.136 e. The van der Waals surface area contributed by atoms with Gasteiger partial charge < -0.3 is 4.42 Å². The maximum atomic E-state index is 6.72. The highest BCUT2D eigenvalue weighted by atomic mass is 32.1. The number of allylic oxidation sites excluding steroid dienone is 6. The van der Waals surface area contributed by atoms with Gasteiger partial charge >= 0.3 is 0 Å². The number of fused-ring (bicyclic) bond motifs is 6. The fourth-order valence-electron chi connectivity index (χ4n) is 9.83. The summed E-state index contributed by atoms with van der Waals surface area (Å²) in [5, 5.41) is 4.94. The van der Waals surface area contributed by atoms with E-state index in [0.717, 1.165) is 59.8 Å². The van der Waals surface area contributed by atoms with E-state index in [1.54, 1.807) is 0 Å². The normalized spacial score (nSPS) is 19.2. The molecule has 61 heavy (non-hydrogen) atoms. The summed E-state index contributed by atoms with van der Waals surface area (Å²) >= 11 is 1.86. The predicted octanol–water partition coefficient (Wildman–Crippen LogP) is 16.9. The Morgan fingerprint density at radius 3 is 2.07 bits per heavy atom. The molecule has 3 heteroatoms. The van der Waals surface area contributed by atoms with E-state index >= 15 is 0 Å². The summed E-state index contributed by atoms with van der Waals surface area (Å²) < 4.78 is 9.38. The summed E-state index contributed by atoms with van der Waals surface area (Å²) in [7, 11) is 0. The molecule has 2 aliphatic rings. The summed E-state index contributed by atoms with van der Waals surface area (Å²) in [6, 6.07) is 57.7. The van der Waals surface area contributed by atoms with Crippen LogP contribution < -0.4 is 0 Å². The molecule has 296 valence electrons. The van der Waals surface area contributed by atoms with Crippen molar-refractivity contribution in [2.75, 3.05) is 0 Å². The second-order valence-electron chi connectivity index (χ2n) is 16.9. The van der Waals surface area contributed by atoms with Crippen LogP contribution in [0.15, 0.2) is 202 Å². The van der Waals surface area contributed by atoms with Gasteiger partial charge in [0.25, 0.3) is 0 Å². The number of rotatable bonds is 7. The smallest absolute Gasteiger partial charge is 0.136 e. The molecule has 0 N–H and O–H groups in total. The molecule has 2 aromatic heterocycles. The first-order chi connectivity index (χ1) is 30.1. The van der Waals surface area contributed by atoms with Crippen molar-refractivity contribution in [3.8, 4) is 33.4 Å². The van der Waals surface area contributed by atoms with E-state index in [9.17, 15) is 0 Å². The molecule has 2 atom stereocenters. The number of thiophene rings is 1. The molecule has 0 spiro atoms. The van der Waals surface area contributed by atoms with Gasteiger partial charge in [0.05, 0.1) is 11.8 Å². The van der Waals surface area contributed by atoms with Crippen molar-refractivity contribution >= 4 is 59.2 Å². The largest absolute Gasteiger partial charge is 0.456 e. The molecule has 2 nitrogen and oxygen atoms in total. The molecule has 2 unspecified atom stereocenters. The first-order valence-electron chi connectivity index (χ1n) is 21.9. The topological polar surface area (TPSA) is 25.5 Å². The van der Waals surface area contributed by atoms with Crippen LogP contribution in [0.1, 0.15) is 63.1 Å². The van der Waals surface area contributed by atoms with Crippen molar-refractivity contribution in [2.24, 2.45) is 10.9 Å². The van der Waals surface area contributed by atoms with Crippen LogP contribution >= 0.6 is 11.3 Å². The van der Waals surface area contributed by atoms with E-state index in [4.69, 9.17) is 9.41 Å². The van der Waals surface area contributed by atoms with Gasteiger partial charge in [-0.15, -0.1) is 11.3 Å². The minimum atomic E-state index is -0.0550. The standard InChI is InChI=1S/C58H47NOS/c1-3-46-49(41-16-8-5-9-17-41)32-37(2)33-52(59-58(46)43-28-24-39(25-29-43)38-14-6-4-7-15-38)45-35-50(57-48-19-10-12-20-53(48)60-54(57)36-45)42-26-22-40(23-27-42)44-30-31-56-51(34-44)47-18-11-13-21-55(47)61-56/h4,6-8,10-31,34-37,52H,3,5,9,32-33H2,1-2H3/b49-46+,59-58-. The minimum Gasteiger partial charge on any atom is -0.456 e. The van der Waals surface area contributed by atoms with Crippen LogP contribution in [0.5, 0.6) is 0 Å². The second-order valence-corrected chi connectivity index (χ2v) is 17.9. The minimum absolute atomic E-state index is 0.0550. The average Bonchev–Trinajstić information content (AvgIpc) is 3.88. The van der Waals surface area contributed by atoms with E-state index in [1.807, 2.05) is 11.3 Å². The Kier molecular flexibility index (Phi) is 9.70. The Labute approximate surface area is 361 Å². The first-order valence-corrected chi connectivity index (χ1v) is 22.7. The zero-order valence-corrected chi connectivity index (χ0v) is 35.5. The molecular weight excluding hydrogens is 759 g/mol. The molecule has 1 aliphatic carbocycles. The predicted molar refractivity (Wildman–Crippen MR) is 261 cm³/mol. The van der Waals surface area contributed by atoms with Gasteiger partial charge in [-0.1, -0.05) is 153 Å². The van der Waals surface area contributed by atoms with E-state index in [2.05, 4.69) is 190 Å². The van der Waals surface area contributed by atoms with Gasteiger partial charge in [-0.2, -0.15) is 0 Å². The quantitative estimate of drug-likeness (QED) is 0.158. The van der Waals surface area contributed by atoms with Gasteiger partial charge in [0.15, 0.2) is 0 Å². The van der Waals surface area contributed by atoms with Crippen molar-refractivity contribution in [2.45, 2.75) is 52.0 Å². The van der Waals surface area contributed by atoms with E-state index in [0.29, 0.717) is 5.92 Å². The molecule has 9 aromatic rings. The van der Waals surface area contributed by atoms with Crippen molar-refractivity contribution < 1.29 is 4.42 Å². The number of hydrogen-bond donors (Lipinski definition) is 0. The third-order valence-corrected chi connectivity index (χ3v) is 14.0. The molecule has 11 rings (SSSR count). The number of nitrogens with zero attached hydrogens (tertiary/aromatic N) is 1. The number of benzene rings is 7. The van der Waals surface area contributed by atoms with Crippen LogP contribution in [0.25, 0.3) is 75.5 Å². The fourth-order valence-corrected chi connectivity index (χ4v) is 10.9. The van der Waals surface area contributed by atoms with E-state index in [1.165, 1.54) is 81.4 Å². The number of aliphatic imine (C=N–C) groups is 1. The highest BCUT2D eigenvalue weighted by Gasteiger charge is 2.27. The van der Waals surface area contributed by atoms with Crippen molar-refractivity contribution in [1.82, 2.24) is 0 Å². The van der Waals surface area contributed by atoms with Gasteiger partial charge in [0.1, 0.15) is 11.2 Å². The molecule has 3 heterocycles. The summed E-state index contributed by atoms with van der Waals surface area (Å²) in [6.07, 6.45) is 12.2. The first kappa shape index (κ1) is 37.4. The zero-order valence-electron chi connectivity index (χ0n) is 34.7. The third-order valence-electron chi connectivity index (χ3n) is 12.9. The van der Waals surface area contributed by atoms with E-state index in [-0.39, 0.29) is 6.04 Å². The lowest BCUT2D eigenvalue weighted by Crippen LogP contribution is -2.17. The molecule has 1 aliphatic heterocycles. The van der Waals surface area contributed by atoms with Crippen LogP contribution in [-0.4, -0.2) is 5.71 Å². The molecule has 0 saturated heterocycles. The summed E-state index contributed by atoms with van der Waals surface area (Å²) in [6.45, 7) is 4.72. The highest BCUT2D eigenvalue weighted by Crippen LogP contribution is 2.44. The molecule has 7 aromatic carbocycles. The Hall–Kier alpha value is -6.55. The lowest BCUT2D eigenvalue weighted by Gasteiger charge is -2.28. The highest BCUT2D eigenvalue weighted by molar-refractivity contribution is 7.25. The molecule has 0 saturated carbocycles. The van der Waals surface area contributed by atoms with Crippen LogP contribution in [0.3, 0.4) is 0 Å². The molecule has 0 fully saturated rings. The van der Waals surface area contributed by atoms with Gasteiger partial charge in [0.2, 0.25) is 0 Å². The lowest BCUT2D eigenvalue weighted by molar-refractivity contribution is 0.468. The lowest BCUT2D eigenvalue weighted by atomic mass is 9.80. The Morgan fingerprint density at radius 1 is 0.607 bits per heavy atom. The monoisotopic (exact) mass is 805 g/mol. The van der Waals surface area contributed by atoms with Gasteiger partial charge in [-0.25, -0.2) is 0 Å². The van der Waals surface area contributed by atoms with Crippen LogP contribution in [0.4, 0.5) is 0 Å². The summed E-state index contributed by atoms with van der Waals surface area (Å²) in [4.78, 5) is 5.88. The van der Waals surface area contributed by atoms with Gasteiger partial charge in [0, 0.05) is 36.5 Å². The average molecular weight is 806 g/mol. The zero-order chi connectivity index (χ0) is 40.9. The van der Waals surface area contributed by atoms with Crippen LogP contribution in [0.2, 0.25) is 0 Å². The summed E-state index contributed by atoms with van der Waals surface area (Å²) in [5.41, 5.74) is 16.7. The fraction of sp³-hybridized carbons (Fsp3) is 0.155. The van der Waals surface area contributed by atoms with Crippen molar-refractivity contribution in [3.05, 3.63) is 204 Å². The molecular formula is C58H47NOS. The second kappa shape index (κ2) is 15.8. The molecule has 0 radical (unpaired) electrons. The van der Waals surface area contributed by atoms with Crippen LogP contribution in [-0.2, 0) is 0 Å². The SMILES string of the molecule is CCC1=C(\C2=CCCC=C2)CC(C)CC(c2cc(-c3ccc(-c4ccc5sc6ccccc6c5c4)cc3)c3c(c2)oc2ccccc23)/N=C\1c1ccc(-c2ccccc2)cc1. The third kappa shape index (κ3) is 6.97. The van der Waals surface area contributed by atoms with Crippen LogP contribution in [0, 0.1) is 5.92 Å². The summed E-state index contributed by atoms with van der Waals surface area (Å²) in [5.74, 6) is 0.426. The Morgan fingerprint density at radius 2 is 1.28 bits per heavy atom. The van der Waals surface area contributed by atoms with Crippen molar-refractivity contribution in [1.29, 1.82) is 0 Å². The van der Waals surface area contributed by atoms with Crippen molar-refractivity contribution in [3.63, 3.8) is 0 Å². The van der Waals surface area contributed by atoms with Gasteiger partial charge in [-0.3, -0.25) is 4.99 Å².